The number of hydrogen-bond donors (Lipinski definition) is 2. The summed E-state index contributed by atoms with van der Waals surface area (Å²) in [5.41, 5.74) is -0.808. The van der Waals surface area contributed by atoms with Crippen LogP contribution in [0, 0.1) is 10.1 Å². The van der Waals surface area contributed by atoms with Crippen molar-refractivity contribution in [3.8, 4) is 0 Å². The van der Waals surface area contributed by atoms with Gasteiger partial charge in [0.2, 0.25) is 0 Å². The zero-order valence-electron chi connectivity index (χ0n) is 8.23. The maximum atomic E-state index is 10.8. The Kier molecular flexibility index (Phi) is 3.44. The Morgan fingerprint density at radius 2 is 2.00 bits per heavy atom. The van der Waals surface area contributed by atoms with Crippen molar-refractivity contribution in [2.45, 2.75) is 11.3 Å². The number of carboxylic acids is 1. The third kappa shape index (κ3) is 3.23. The molecule has 0 radical (unpaired) electrons. The van der Waals surface area contributed by atoms with Crippen LogP contribution in [0.15, 0.2) is 23.1 Å². The van der Waals surface area contributed by atoms with Crippen LogP contribution in [0.2, 0.25) is 0 Å². The Bertz CT molecular complexity index is 578. The monoisotopic (exact) mass is 261 g/mol. The lowest BCUT2D eigenvalue weighted by Gasteiger charge is -2.02. The number of rotatable bonds is 4. The topological polar surface area (TPSA) is 135 Å². The average Bonchev–Trinajstić information content (AvgIpc) is 2.15. The Balaban J connectivity index is 3.37. The molecule has 1 rings (SSSR count). The van der Waals surface area contributed by atoms with E-state index < -0.39 is 38.0 Å². The minimum absolute atomic E-state index is 0.144. The summed E-state index contributed by atoms with van der Waals surface area (Å²) < 4.78 is 30.2. The highest BCUT2D eigenvalue weighted by Crippen LogP contribution is 2.23. The smallest absolute Gasteiger partial charge is 0.308 e. The van der Waals surface area contributed by atoms with E-state index in [2.05, 4.69) is 0 Å². The predicted molar refractivity (Wildman–Crippen MR) is 54.3 cm³/mol. The van der Waals surface area contributed by atoms with Gasteiger partial charge in [-0.3, -0.25) is 19.5 Å². The molecular formula is C8H7NO7S. The summed E-state index contributed by atoms with van der Waals surface area (Å²) >= 11 is 0. The van der Waals surface area contributed by atoms with Gasteiger partial charge in [0.05, 0.1) is 11.3 Å². The summed E-state index contributed by atoms with van der Waals surface area (Å²) in [6, 6.07) is 2.50. The third-order valence-electron chi connectivity index (χ3n) is 1.89. The SMILES string of the molecule is O=C(O)Cc1ccc(S(=O)(=O)O)cc1[N+](=O)[O-]. The fourth-order valence-electron chi connectivity index (χ4n) is 1.19. The van der Waals surface area contributed by atoms with E-state index in [1.54, 1.807) is 0 Å². The molecule has 17 heavy (non-hydrogen) atoms. The Hall–Kier alpha value is -2.00. The van der Waals surface area contributed by atoms with Crippen molar-refractivity contribution in [2.75, 3.05) is 0 Å². The lowest BCUT2D eigenvalue weighted by Crippen LogP contribution is -2.06. The van der Waals surface area contributed by atoms with Gasteiger partial charge in [0.15, 0.2) is 0 Å². The molecule has 0 amide bonds. The second-order valence-electron chi connectivity index (χ2n) is 3.09. The minimum Gasteiger partial charge on any atom is -0.481 e. The zero-order chi connectivity index (χ0) is 13.2. The maximum absolute atomic E-state index is 10.8. The van der Waals surface area contributed by atoms with Gasteiger partial charge in [-0.25, -0.2) is 0 Å². The van der Waals surface area contributed by atoms with E-state index in [0.29, 0.717) is 6.07 Å². The zero-order valence-corrected chi connectivity index (χ0v) is 9.05. The average molecular weight is 261 g/mol. The molecule has 2 N–H and O–H groups in total. The van der Waals surface area contributed by atoms with Crippen molar-refractivity contribution in [1.29, 1.82) is 0 Å². The number of carboxylic acid groups (broad SMARTS) is 1. The van der Waals surface area contributed by atoms with Crippen LogP contribution in [0.3, 0.4) is 0 Å². The number of carbonyl (C=O) groups is 1. The molecule has 1 aromatic rings. The summed E-state index contributed by atoms with van der Waals surface area (Å²) in [5, 5.41) is 19.1. The van der Waals surface area contributed by atoms with Gasteiger partial charge < -0.3 is 5.11 Å². The number of nitro groups is 1. The van der Waals surface area contributed by atoms with Gasteiger partial charge in [-0.2, -0.15) is 8.42 Å². The molecule has 0 aliphatic rings. The molecule has 0 fully saturated rings. The predicted octanol–water partition coefficient (Wildman–Crippen LogP) is 0.469. The van der Waals surface area contributed by atoms with Crippen LogP contribution in [0.5, 0.6) is 0 Å². The molecule has 8 nitrogen and oxygen atoms in total. The molecule has 0 heterocycles. The first-order valence-corrected chi connectivity index (χ1v) is 5.62. The summed E-state index contributed by atoms with van der Waals surface area (Å²) in [7, 11) is -4.56. The van der Waals surface area contributed by atoms with E-state index in [1.807, 2.05) is 0 Å². The van der Waals surface area contributed by atoms with Crippen LogP contribution in [0.1, 0.15) is 5.56 Å². The normalized spacial score (nSPS) is 11.1. The van der Waals surface area contributed by atoms with Crippen LogP contribution in [0.25, 0.3) is 0 Å². The van der Waals surface area contributed by atoms with Crippen molar-refractivity contribution in [3.05, 3.63) is 33.9 Å². The quantitative estimate of drug-likeness (QED) is 0.456. The highest BCUT2D eigenvalue weighted by Gasteiger charge is 2.20. The highest BCUT2D eigenvalue weighted by molar-refractivity contribution is 7.85. The molecule has 0 spiro atoms. The van der Waals surface area contributed by atoms with Crippen LogP contribution in [-0.4, -0.2) is 29.0 Å². The maximum Gasteiger partial charge on any atom is 0.308 e. The Morgan fingerprint density at radius 1 is 1.41 bits per heavy atom. The van der Waals surface area contributed by atoms with Crippen molar-refractivity contribution >= 4 is 21.8 Å². The fourth-order valence-corrected chi connectivity index (χ4v) is 1.69. The molecule has 0 atom stereocenters. The molecule has 0 aliphatic carbocycles. The van der Waals surface area contributed by atoms with E-state index in [9.17, 15) is 23.3 Å². The van der Waals surface area contributed by atoms with E-state index >= 15 is 0 Å². The van der Waals surface area contributed by atoms with Crippen LogP contribution >= 0.6 is 0 Å². The Labute approximate surface area is 95.4 Å². The van der Waals surface area contributed by atoms with Crippen LogP contribution in [-0.2, 0) is 21.3 Å². The van der Waals surface area contributed by atoms with E-state index in [1.165, 1.54) is 0 Å². The number of nitrogens with zero attached hydrogens (tertiary/aromatic N) is 1. The molecule has 9 heteroatoms. The summed E-state index contributed by atoms with van der Waals surface area (Å²) in [6.45, 7) is 0. The van der Waals surface area contributed by atoms with Gasteiger partial charge in [-0.05, 0) is 6.07 Å². The number of nitro benzene ring substituents is 1. The third-order valence-corrected chi connectivity index (χ3v) is 2.74. The summed E-state index contributed by atoms with van der Waals surface area (Å²) in [4.78, 5) is 19.5. The van der Waals surface area contributed by atoms with Crippen molar-refractivity contribution < 1.29 is 27.8 Å². The van der Waals surface area contributed by atoms with Crippen molar-refractivity contribution in [2.24, 2.45) is 0 Å². The first kappa shape index (κ1) is 13.1. The van der Waals surface area contributed by atoms with E-state index in [-0.39, 0.29) is 5.56 Å². The van der Waals surface area contributed by atoms with Crippen molar-refractivity contribution in [3.63, 3.8) is 0 Å². The van der Waals surface area contributed by atoms with Gasteiger partial charge in [0, 0.05) is 11.6 Å². The molecule has 92 valence electrons. The highest BCUT2D eigenvalue weighted by atomic mass is 32.2. The first-order valence-electron chi connectivity index (χ1n) is 4.18. The molecule has 1 aromatic carbocycles. The van der Waals surface area contributed by atoms with E-state index in [0.717, 1.165) is 12.1 Å². The second kappa shape index (κ2) is 4.47. The summed E-state index contributed by atoms with van der Waals surface area (Å²) in [6.07, 6.45) is -0.609. The molecule has 0 saturated carbocycles. The van der Waals surface area contributed by atoms with Gasteiger partial charge in [0.25, 0.3) is 15.8 Å². The van der Waals surface area contributed by atoms with Gasteiger partial charge in [-0.15, -0.1) is 0 Å². The second-order valence-corrected chi connectivity index (χ2v) is 4.51. The standard InChI is InChI=1S/C8H7NO7S/c10-8(11)3-5-1-2-6(17(14,15)16)4-7(5)9(12)13/h1-2,4H,3H2,(H,10,11)(H,14,15,16). The Morgan fingerprint density at radius 3 is 2.41 bits per heavy atom. The first-order chi connectivity index (χ1) is 7.71. The van der Waals surface area contributed by atoms with Gasteiger partial charge >= 0.3 is 5.97 Å². The molecule has 0 bridgehead atoms. The lowest BCUT2D eigenvalue weighted by atomic mass is 10.1. The summed E-state index contributed by atoms with van der Waals surface area (Å²) in [5.74, 6) is -1.28. The molecule has 0 unspecified atom stereocenters. The number of benzene rings is 1. The van der Waals surface area contributed by atoms with E-state index in [4.69, 9.17) is 9.66 Å². The van der Waals surface area contributed by atoms with Crippen LogP contribution < -0.4 is 0 Å². The molecule has 0 saturated heterocycles. The van der Waals surface area contributed by atoms with Gasteiger partial charge in [-0.1, -0.05) is 6.07 Å². The van der Waals surface area contributed by atoms with Gasteiger partial charge in [0.1, 0.15) is 4.90 Å². The number of aliphatic carboxylic acids is 1. The number of hydrogen-bond acceptors (Lipinski definition) is 5. The van der Waals surface area contributed by atoms with Crippen molar-refractivity contribution in [1.82, 2.24) is 0 Å². The molecular weight excluding hydrogens is 254 g/mol. The minimum atomic E-state index is -4.56. The molecule has 0 aromatic heterocycles. The largest absolute Gasteiger partial charge is 0.481 e. The molecule has 0 aliphatic heterocycles. The lowest BCUT2D eigenvalue weighted by molar-refractivity contribution is -0.385. The van der Waals surface area contributed by atoms with Crippen LogP contribution in [0.4, 0.5) is 5.69 Å². The fraction of sp³-hybridized carbons (Fsp3) is 0.125.